The fourth-order valence-corrected chi connectivity index (χ4v) is 3.57. The number of carbonyl (C=O) groups excluding carboxylic acids is 1. The number of unbranched alkanes of at least 4 members (excludes halogenated alkanes) is 1. The van der Waals surface area contributed by atoms with Crippen LogP contribution < -0.4 is 0 Å². The molecule has 0 aliphatic heterocycles. The molecule has 0 saturated carbocycles. The van der Waals surface area contributed by atoms with Crippen molar-refractivity contribution in [1.82, 2.24) is 9.55 Å². The van der Waals surface area contributed by atoms with Crippen LogP contribution in [0.15, 0.2) is 48.5 Å². The summed E-state index contributed by atoms with van der Waals surface area (Å²) in [7, 11) is 1.38. The molecular formula is C23H25ClN2O3. The van der Waals surface area contributed by atoms with Gasteiger partial charge < -0.3 is 14.4 Å². The third kappa shape index (κ3) is 4.69. The summed E-state index contributed by atoms with van der Waals surface area (Å²) in [4.78, 5) is 16.5. The molecule has 3 rings (SSSR count). The highest BCUT2D eigenvalue weighted by molar-refractivity contribution is 6.30. The maximum absolute atomic E-state index is 12.0. The number of esters is 1. The summed E-state index contributed by atoms with van der Waals surface area (Å²) in [6, 6.07) is 15.4. The van der Waals surface area contributed by atoms with Crippen molar-refractivity contribution in [2.45, 2.75) is 39.3 Å². The predicted octanol–water partition coefficient (Wildman–Crippen LogP) is 4.87. The van der Waals surface area contributed by atoms with Gasteiger partial charge in [0.1, 0.15) is 16.7 Å². The van der Waals surface area contributed by atoms with E-state index >= 15 is 0 Å². The van der Waals surface area contributed by atoms with Crippen LogP contribution in [0.5, 0.6) is 0 Å². The number of aliphatic hydroxyl groups is 1. The first kappa shape index (κ1) is 21.1. The molecule has 0 unspecified atom stereocenters. The molecule has 0 fully saturated rings. The normalized spacial score (nSPS) is 10.9. The molecule has 0 aliphatic carbocycles. The van der Waals surface area contributed by atoms with Crippen LogP contribution in [0.3, 0.4) is 0 Å². The number of methoxy groups -OCH3 is 1. The Balaban J connectivity index is 1.88. The number of rotatable bonds is 8. The average Bonchev–Trinajstić information content (AvgIpc) is 3.06. The quantitative estimate of drug-likeness (QED) is 0.536. The molecular weight excluding hydrogens is 388 g/mol. The Morgan fingerprint density at radius 3 is 2.55 bits per heavy atom. The lowest BCUT2D eigenvalue weighted by atomic mass is 9.98. The lowest BCUT2D eigenvalue weighted by molar-refractivity contribution is 0.0601. The first-order valence-corrected chi connectivity index (χ1v) is 10.1. The zero-order valence-electron chi connectivity index (χ0n) is 16.7. The minimum Gasteiger partial charge on any atom is -0.465 e. The number of halogens is 1. The van der Waals surface area contributed by atoms with E-state index in [1.807, 2.05) is 47.0 Å². The second-order valence-electron chi connectivity index (χ2n) is 6.85. The van der Waals surface area contributed by atoms with Gasteiger partial charge in [-0.05, 0) is 29.2 Å². The Morgan fingerprint density at radius 2 is 1.90 bits per heavy atom. The standard InChI is InChI=1S/C23H25ClN2O3/c1-3-4-9-21-25-20(15-27)22(24)26(21)14-16-10-12-17(13-11-16)18-7-5-6-8-19(18)23(28)29-2/h5-8,10-13,27H,3-4,9,14-15H2,1-2H3. The van der Waals surface area contributed by atoms with Crippen molar-refractivity contribution in [3.63, 3.8) is 0 Å². The van der Waals surface area contributed by atoms with E-state index in [1.54, 1.807) is 6.07 Å². The monoisotopic (exact) mass is 412 g/mol. The number of aliphatic hydroxyl groups excluding tert-OH is 1. The van der Waals surface area contributed by atoms with E-state index in [0.29, 0.717) is 23.0 Å². The molecule has 3 aromatic rings. The van der Waals surface area contributed by atoms with Gasteiger partial charge in [0.2, 0.25) is 0 Å². The molecule has 0 radical (unpaired) electrons. The number of benzene rings is 2. The molecule has 0 bridgehead atoms. The minimum atomic E-state index is -0.355. The highest BCUT2D eigenvalue weighted by Gasteiger charge is 2.16. The van der Waals surface area contributed by atoms with Crippen LogP contribution in [0.4, 0.5) is 0 Å². The minimum absolute atomic E-state index is 0.172. The Bertz CT molecular complexity index is 980. The fourth-order valence-electron chi connectivity index (χ4n) is 3.31. The number of nitrogens with zero attached hydrogens (tertiary/aromatic N) is 2. The second-order valence-corrected chi connectivity index (χ2v) is 7.21. The summed E-state index contributed by atoms with van der Waals surface area (Å²) in [6.45, 7) is 2.53. The first-order valence-electron chi connectivity index (χ1n) is 9.70. The van der Waals surface area contributed by atoms with Crippen LogP contribution in [0.2, 0.25) is 5.15 Å². The van der Waals surface area contributed by atoms with Crippen molar-refractivity contribution in [3.8, 4) is 11.1 Å². The molecule has 6 heteroatoms. The summed E-state index contributed by atoms with van der Waals surface area (Å²) in [5, 5.41) is 9.99. The van der Waals surface area contributed by atoms with Gasteiger partial charge in [0.15, 0.2) is 0 Å². The summed E-state index contributed by atoms with van der Waals surface area (Å²) in [5.74, 6) is 0.535. The molecule has 152 valence electrons. The third-order valence-corrected chi connectivity index (χ3v) is 5.31. The molecule has 1 N–H and O–H groups in total. The van der Waals surface area contributed by atoms with Crippen LogP contribution in [-0.4, -0.2) is 27.7 Å². The number of aryl methyl sites for hydroxylation is 1. The van der Waals surface area contributed by atoms with Gasteiger partial charge in [-0.2, -0.15) is 0 Å². The third-order valence-electron chi connectivity index (χ3n) is 4.89. The van der Waals surface area contributed by atoms with Gasteiger partial charge in [-0.3, -0.25) is 0 Å². The molecule has 29 heavy (non-hydrogen) atoms. The molecule has 0 amide bonds. The van der Waals surface area contributed by atoms with Crippen LogP contribution in [0.1, 0.15) is 47.2 Å². The van der Waals surface area contributed by atoms with E-state index in [0.717, 1.165) is 41.8 Å². The lowest BCUT2D eigenvalue weighted by Gasteiger charge is -2.11. The van der Waals surface area contributed by atoms with Gasteiger partial charge in [0.05, 0.1) is 25.8 Å². The van der Waals surface area contributed by atoms with Crippen molar-refractivity contribution >= 4 is 17.6 Å². The molecule has 5 nitrogen and oxygen atoms in total. The Labute approximate surface area is 175 Å². The van der Waals surface area contributed by atoms with E-state index in [-0.39, 0.29) is 12.6 Å². The van der Waals surface area contributed by atoms with E-state index in [2.05, 4.69) is 11.9 Å². The Kier molecular flexibility index (Phi) is 7.07. The van der Waals surface area contributed by atoms with Crippen LogP contribution in [0.25, 0.3) is 11.1 Å². The van der Waals surface area contributed by atoms with Crippen LogP contribution >= 0.6 is 11.6 Å². The van der Waals surface area contributed by atoms with Gasteiger partial charge in [0, 0.05) is 6.42 Å². The number of aromatic nitrogens is 2. The molecule has 0 atom stereocenters. The Morgan fingerprint density at radius 1 is 1.17 bits per heavy atom. The van der Waals surface area contributed by atoms with Crippen LogP contribution in [0, 0.1) is 0 Å². The molecule has 0 saturated heterocycles. The van der Waals surface area contributed by atoms with Gasteiger partial charge in [-0.15, -0.1) is 0 Å². The second kappa shape index (κ2) is 9.72. The first-order chi connectivity index (χ1) is 14.1. The fraction of sp³-hybridized carbons (Fsp3) is 0.304. The highest BCUT2D eigenvalue weighted by atomic mass is 35.5. The van der Waals surface area contributed by atoms with Gasteiger partial charge in [0.25, 0.3) is 0 Å². The number of carbonyl (C=O) groups is 1. The molecule has 0 aliphatic rings. The lowest BCUT2D eigenvalue weighted by Crippen LogP contribution is -2.06. The number of hydrogen-bond donors (Lipinski definition) is 1. The molecule has 1 aromatic heterocycles. The van der Waals surface area contributed by atoms with E-state index < -0.39 is 0 Å². The van der Waals surface area contributed by atoms with E-state index in [1.165, 1.54) is 7.11 Å². The number of imidazole rings is 1. The largest absolute Gasteiger partial charge is 0.465 e. The topological polar surface area (TPSA) is 64.4 Å². The zero-order valence-corrected chi connectivity index (χ0v) is 17.4. The SMILES string of the molecule is CCCCc1nc(CO)c(Cl)n1Cc1ccc(-c2ccccc2C(=O)OC)cc1. The average molecular weight is 413 g/mol. The summed E-state index contributed by atoms with van der Waals surface area (Å²) >= 11 is 6.45. The smallest absolute Gasteiger partial charge is 0.338 e. The van der Waals surface area contributed by atoms with Crippen molar-refractivity contribution in [2.24, 2.45) is 0 Å². The predicted molar refractivity (Wildman–Crippen MR) is 114 cm³/mol. The van der Waals surface area contributed by atoms with Crippen molar-refractivity contribution in [1.29, 1.82) is 0 Å². The molecule has 0 spiro atoms. The molecule has 2 aromatic carbocycles. The van der Waals surface area contributed by atoms with Gasteiger partial charge >= 0.3 is 5.97 Å². The number of hydrogen-bond acceptors (Lipinski definition) is 4. The van der Waals surface area contributed by atoms with Crippen molar-refractivity contribution in [3.05, 3.63) is 76.3 Å². The van der Waals surface area contributed by atoms with Crippen molar-refractivity contribution in [2.75, 3.05) is 7.11 Å². The summed E-state index contributed by atoms with van der Waals surface area (Å²) < 4.78 is 6.85. The van der Waals surface area contributed by atoms with Gasteiger partial charge in [-0.1, -0.05) is 67.4 Å². The van der Waals surface area contributed by atoms with Gasteiger partial charge in [-0.25, -0.2) is 9.78 Å². The molecule has 1 heterocycles. The zero-order chi connectivity index (χ0) is 20.8. The number of ether oxygens (including phenoxy) is 1. The Hall–Kier alpha value is -2.63. The maximum atomic E-state index is 12.0. The van der Waals surface area contributed by atoms with E-state index in [4.69, 9.17) is 16.3 Å². The summed E-state index contributed by atoms with van der Waals surface area (Å²) in [6.07, 6.45) is 2.90. The highest BCUT2D eigenvalue weighted by Crippen LogP contribution is 2.26. The maximum Gasteiger partial charge on any atom is 0.338 e. The summed E-state index contributed by atoms with van der Waals surface area (Å²) in [5.41, 5.74) is 3.88. The van der Waals surface area contributed by atoms with Crippen LogP contribution in [-0.2, 0) is 24.3 Å². The van der Waals surface area contributed by atoms with Crippen molar-refractivity contribution < 1.29 is 14.6 Å². The van der Waals surface area contributed by atoms with E-state index in [9.17, 15) is 9.90 Å².